The Kier molecular flexibility index (Phi) is 4.63. The molecule has 1 heterocycles. The molecule has 0 aliphatic rings. The van der Waals surface area contributed by atoms with E-state index in [1.165, 1.54) is 0 Å². The van der Waals surface area contributed by atoms with Crippen LogP contribution >= 0.6 is 0 Å². The summed E-state index contributed by atoms with van der Waals surface area (Å²) in [7, 11) is 0. The molecule has 0 fully saturated rings. The molecule has 0 saturated heterocycles. The van der Waals surface area contributed by atoms with E-state index in [1.807, 2.05) is 18.2 Å². The molecule has 0 atom stereocenters. The summed E-state index contributed by atoms with van der Waals surface area (Å²) in [5.41, 5.74) is 7.95. The van der Waals surface area contributed by atoms with Crippen molar-refractivity contribution >= 4 is 22.8 Å². The van der Waals surface area contributed by atoms with Gasteiger partial charge in [0.1, 0.15) is 5.52 Å². The number of oxazole rings is 1. The van der Waals surface area contributed by atoms with E-state index in [-0.39, 0.29) is 0 Å². The van der Waals surface area contributed by atoms with E-state index in [2.05, 4.69) is 29.0 Å². The van der Waals surface area contributed by atoms with Crippen molar-refractivity contribution in [1.82, 2.24) is 9.88 Å². The van der Waals surface area contributed by atoms with Crippen LogP contribution in [0.4, 0.5) is 11.7 Å². The number of rotatable bonds is 7. The van der Waals surface area contributed by atoms with Gasteiger partial charge in [0, 0.05) is 6.54 Å². The zero-order valence-corrected chi connectivity index (χ0v) is 11.6. The number of nitrogens with zero attached hydrogens (tertiary/aromatic N) is 2. The van der Waals surface area contributed by atoms with Crippen LogP contribution in [-0.2, 0) is 0 Å². The van der Waals surface area contributed by atoms with E-state index in [1.54, 1.807) is 0 Å². The molecule has 5 nitrogen and oxygen atoms in total. The second-order valence-corrected chi connectivity index (χ2v) is 4.52. The molecule has 5 heteroatoms. The van der Waals surface area contributed by atoms with Crippen LogP contribution in [0.2, 0.25) is 0 Å². The highest BCUT2D eigenvalue weighted by atomic mass is 16.4. The molecule has 104 valence electrons. The number of aromatic nitrogens is 1. The first-order valence-corrected chi connectivity index (χ1v) is 6.85. The third-order valence-electron chi connectivity index (χ3n) is 3.27. The summed E-state index contributed by atoms with van der Waals surface area (Å²) in [6.07, 6.45) is 1.07. The van der Waals surface area contributed by atoms with Crippen LogP contribution in [0, 0.1) is 0 Å². The lowest BCUT2D eigenvalue weighted by Crippen LogP contribution is -2.25. The molecule has 19 heavy (non-hydrogen) atoms. The van der Waals surface area contributed by atoms with Crippen molar-refractivity contribution in [2.24, 2.45) is 0 Å². The smallest absolute Gasteiger partial charge is 0.295 e. The number of benzene rings is 1. The average molecular weight is 262 g/mol. The van der Waals surface area contributed by atoms with Gasteiger partial charge in [-0.2, -0.15) is 4.98 Å². The minimum absolute atomic E-state index is 0.549. The maximum absolute atomic E-state index is 5.84. The van der Waals surface area contributed by atoms with Gasteiger partial charge in [0.2, 0.25) is 0 Å². The fourth-order valence-electron chi connectivity index (χ4n) is 2.08. The standard InChI is InChI=1S/C14H22N4O/c1-3-18(4-2)10-6-9-16-14-17-13-11(15)7-5-8-12(13)19-14/h5,7-8H,3-4,6,9-10,15H2,1-2H3,(H,16,17). The third-order valence-corrected chi connectivity index (χ3v) is 3.27. The largest absolute Gasteiger partial charge is 0.423 e. The van der Waals surface area contributed by atoms with Gasteiger partial charge in [-0.05, 0) is 38.2 Å². The SMILES string of the molecule is CCN(CC)CCCNc1nc2c(N)cccc2o1. The third kappa shape index (κ3) is 3.38. The Balaban J connectivity index is 1.86. The van der Waals surface area contributed by atoms with Crippen molar-refractivity contribution in [2.75, 3.05) is 37.2 Å². The zero-order chi connectivity index (χ0) is 13.7. The molecule has 0 saturated carbocycles. The van der Waals surface area contributed by atoms with Crippen LogP contribution in [0.1, 0.15) is 20.3 Å². The minimum Gasteiger partial charge on any atom is -0.423 e. The Morgan fingerprint density at radius 3 is 2.79 bits per heavy atom. The van der Waals surface area contributed by atoms with Crippen molar-refractivity contribution < 1.29 is 4.42 Å². The second-order valence-electron chi connectivity index (χ2n) is 4.52. The first-order valence-electron chi connectivity index (χ1n) is 6.85. The van der Waals surface area contributed by atoms with E-state index in [4.69, 9.17) is 10.2 Å². The predicted octanol–water partition coefficient (Wildman–Crippen LogP) is 2.55. The lowest BCUT2D eigenvalue weighted by atomic mass is 10.3. The molecule has 2 aromatic rings. The van der Waals surface area contributed by atoms with Crippen LogP contribution in [0.15, 0.2) is 22.6 Å². The maximum Gasteiger partial charge on any atom is 0.295 e. The number of para-hydroxylation sites is 1. The molecule has 0 aliphatic heterocycles. The molecule has 1 aromatic carbocycles. The maximum atomic E-state index is 5.84. The van der Waals surface area contributed by atoms with Crippen LogP contribution in [0.5, 0.6) is 0 Å². The zero-order valence-electron chi connectivity index (χ0n) is 11.6. The van der Waals surface area contributed by atoms with Gasteiger partial charge >= 0.3 is 0 Å². The minimum atomic E-state index is 0.549. The molecule has 0 unspecified atom stereocenters. The number of anilines is 2. The summed E-state index contributed by atoms with van der Waals surface area (Å²) >= 11 is 0. The number of nitrogens with two attached hydrogens (primary N) is 1. The normalized spacial score (nSPS) is 11.3. The van der Waals surface area contributed by atoms with Crippen molar-refractivity contribution in [2.45, 2.75) is 20.3 Å². The molecule has 0 bridgehead atoms. The molecule has 1 aromatic heterocycles. The molecule has 0 radical (unpaired) electrons. The summed E-state index contributed by atoms with van der Waals surface area (Å²) in [6, 6.07) is 6.12. The number of nitrogens with one attached hydrogen (secondary N) is 1. The first-order chi connectivity index (χ1) is 9.24. The van der Waals surface area contributed by atoms with Gasteiger partial charge in [-0.25, -0.2) is 0 Å². The van der Waals surface area contributed by atoms with Crippen molar-refractivity contribution in [1.29, 1.82) is 0 Å². The van der Waals surface area contributed by atoms with Crippen molar-refractivity contribution in [3.8, 4) is 0 Å². The highest BCUT2D eigenvalue weighted by molar-refractivity contribution is 5.86. The molecule has 0 amide bonds. The Hall–Kier alpha value is -1.75. The van der Waals surface area contributed by atoms with Gasteiger partial charge in [-0.1, -0.05) is 19.9 Å². The number of fused-ring (bicyclic) bond motifs is 1. The van der Waals surface area contributed by atoms with Crippen molar-refractivity contribution in [3.05, 3.63) is 18.2 Å². The van der Waals surface area contributed by atoms with Gasteiger partial charge < -0.3 is 20.4 Å². The van der Waals surface area contributed by atoms with Crippen LogP contribution < -0.4 is 11.1 Å². The molecule has 0 aliphatic carbocycles. The van der Waals surface area contributed by atoms with E-state index >= 15 is 0 Å². The summed E-state index contributed by atoms with van der Waals surface area (Å²) in [5.74, 6) is 0. The quantitative estimate of drug-likeness (QED) is 0.593. The number of hydrogen-bond donors (Lipinski definition) is 2. The van der Waals surface area contributed by atoms with Crippen molar-refractivity contribution in [3.63, 3.8) is 0 Å². The summed E-state index contributed by atoms with van der Waals surface area (Å²) in [4.78, 5) is 6.75. The lowest BCUT2D eigenvalue weighted by molar-refractivity contribution is 0.302. The van der Waals surface area contributed by atoms with Crippen LogP contribution in [0.25, 0.3) is 11.1 Å². The Morgan fingerprint density at radius 1 is 1.32 bits per heavy atom. The molecule has 3 N–H and O–H groups in total. The fourth-order valence-corrected chi connectivity index (χ4v) is 2.08. The fraction of sp³-hybridized carbons (Fsp3) is 0.500. The highest BCUT2D eigenvalue weighted by Gasteiger charge is 2.07. The van der Waals surface area contributed by atoms with E-state index in [0.717, 1.165) is 43.7 Å². The monoisotopic (exact) mass is 262 g/mol. The second kappa shape index (κ2) is 6.43. The Morgan fingerprint density at radius 2 is 2.11 bits per heavy atom. The number of nitrogen functional groups attached to an aromatic ring is 1. The molecule has 2 rings (SSSR count). The summed E-state index contributed by atoms with van der Waals surface area (Å²) in [5, 5.41) is 3.20. The summed E-state index contributed by atoms with van der Waals surface area (Å²) < 4.78 is 5.59. The van der Waals surface area contributed by atoms with E-state index in [9.17, 15) is 0 Å². The lowest BCUT2D eigenvalue weighted by Gasteiger charge is -2.17. The van der Waals surface area contributed by atoms with Gasteiger partial charge in [0.05, 0.1) is 5.69 Å². The molecular weight excluding hydrogens is 240 g/mol. The van der Waals surface area contributed by atoms with Crippen LogP contribution in [-0.4, -0.2) is 36.1 Å². The average Bonchev–Trinajstić information content (AvgIpc) is 2.83. The first kappa shape index (κ1) is 13.7. The Bertz CT molecular complexity index is 519. The van der Waals surface area contributed by atoms with Crippen LogP contribution in [0.3, 0.4) is 0 Å². The summed E-state index contributed by atoms with van der Waals surface area (Å²) in [6.45, 7) is 8.48. The van der Waals surface area contributed by atoms with E-state index < -0.39 is 0 Å². The topological polar surface area (TPSA) is 67.3 Å². The van der Waals surface area contributed by atoms with Gasteiger partial charge in [-0.15, -0.1) is 0 Å². The molecule has 0 spiro atoms. The molecular formula is C14H22N4O. The van der Waals surface area contributed by atoms with Gasteiger partial charge in [-0.3, -0.25) is 0 Å². The highest BCUT2D eigenvalue weighted by Crippen LogP contribution is 2.23. The van der Waals surface area contributed by atoms with E-state index in [0.29, 0.717) is 11.7 Å². The van der Waals surface area contributed by atoms with Gasteiger partial charge in [0.25, 0.3) is 6.01 Å². The van der Waals surface area contributed by atoms with Gasteiger partial charge in [0.15, 0.2) is 5.58 Å². The predicted molar refractivity (Wildman–Crippen MR) is 79.3 cm³/mol. The number of hydrogen-bond acceptors (Lipinski definition) is 5. The Labute approximate surface area is 113 Å².